The Morgan fingerprint density at radius 3 is 2.71 bits per heavy atom. The molecule has 0 fully saturated rings. The van der Waals surface area contributed by atoms with Crippen LogP contribution < -0.4 is 10.6 Å². The van der Waals surface area contributed by atoms with E-state index in [4.69, 9.17) is 0 Å². The molecule has 0 aliphatic rings. The van der Waals surface area contributed by atoms with Gasteiger partial charge < -0.3 is 15.5 Å². The van der Waals surface area contributed by atoms with Gasteiger partial charge in [-0.2, -0.15) is 4.98 Å². The Bertz CT molecular complexity index is 581. The number of nitrogens with one attached hydrogen (secondary N) is 2. The van der Waals surface area contributed by atoms with Gasteiger partial charge in [-0.25, -0.2) is 4.98 Å². The van der Waals surface area contributed by atoms with Crippen molar-refractivity contribution in [3.05, 3.63) is 10.9 Å². The van der Waals surface area contributed by atoms with Gasteiger partial charge >= 0.3 is 0 Å². The number of aryl methyl sites for hydroxylation is 1. The zero-order chi connectivity index (χ0) is 15.2. The Labute approximate surface area is 130 Å². The molecule has 0 amide bonds. The molecule has 2 N–H and O–H groups in total. The highest BCUT2D eigenvalue weighted by Gasteiger charge is 2.10. The van der Waals surface area contributed by atoms with Gasteiger partial charge in [0.2, 0.25) is 5.95 Å². The van der Waals surface area contributed by atoms with Gasteiger partial charge in [-0.15, -0.1) is 11.3 Å². The summed E-state index contributed by atoms with van der Waals surface area (Å²) < 4.78 is 0. The first kappa shape index (κ1) is 16.0. The highest BCUT2D eigenvalue weighted by Crippen LogP contribution is 2.29. The van der Waals surface area contributed by atoms with Crippen LogP contribution in [0.5, 0.6) is 0 Å². The normalized spacial score (nSPS) is 11.3. The van der Waals surface area contributed by atoms with Crippen molar-refractivity contribution in [1.82, 2.24) is 14.9 Å². The minimum absolute atomic E-state index is 0.720. The fourth-order valence-electron chi connectivity index (χ4n) is 2.02. The summed E-state index contributed by atoms with van der Waals surface area (Å²) in [5.74, 6) is 1.66. The van der Waals surface area contributed by atoms with Gasteiger partial charge in [0.05, 0.1) is 5.39 Å². The van der Waals surface area contributed by atoms with Crippen molar-refractivity contribution in [2.75, 3.05) is 43.9 Å². The summed E-state index contributed by atoms with van der Waals surface area (Å²) in [5, 5.41) is 7.86. The smallest absolute Gasteiger partial charge is 0.226 e. The maximum Gasteiger partial charge on any atom is 0.226 e. The molecule has 0 aromatic carbocycles. The van der Waals surface area contributed by atoms with Gasteiger partial charge in [-0.3, -0.25) is 0 Å². The number of aromatic nitrogens is 2. The summed E-state index contributed by atoms with van der Waals surface area (Å²) in [4.78, 5) is 13.8. The van der Waals surface area contributed by atoms with E-state index in [9.17, 15) is 0 Å². The predicted molar refractivity (Wildman–Crippen MR) is 92.6 cm³/mol. The minimum atomic E-state index is 0.720. The van der Waals surface area contributed by atoms with Crippen LogP contribution in [0.3, 0.4) is 0 Å². The van der Waals surface area contributed by atoms with Gasteiger partial charge in [0.15, 0.2) is 0 Å². The largest absolute Gasteiger partial charge is 0.368 e. The predicted octanol–water partition coefficient (Wildman–Crippen LogP) is 3.19. The van der Waals surface area contributed by atoms with Crippen molar-refractivity contribution in [2.45, 2.75) is 27.2 Å². The Morgan fingerprint density at radius 1 is 1.19 bits per heavy atom. The van der Waals surface area contributed by atoms with Crippen molar-refractivity contribution >= 4 is 33.3 Å². The lowest BCUT2D eigenvalue weighted by atomic mass is 10.3. The molecule has 0 spiro atoms. The maximum absolute atomic E-state index is 4.63. The van der Waals surface area contributed by atoms with Gasteiger partial charge in [0.25, 0.3) is 0 Å². The van der Waals surface area contributed by atoms with Crippen LogP contribution in [0, 0.1) is 6.92 Å². The summed E-state index contributed by atoms with van der Waals surface area (Å²) in [7, 11) is 2.13. The van der Waals surface area contributed by atoms with Crippen LogP contribution in [0.4, 0.5) is 11.8 Å². The van der Waals surface area contributed by atoms with E-state index in [2.05, 4.69) is 59.4 Å². The Kier molecular flexibility index (Phi) is 5.76. The molecular weight excluding hydrogens is 282 g/mol. The summed E-state index contributed by atoms with van der Waals surface area (Å²) in [6.07, 6.45) is 1.06. The van der Waals surface area contributed by atoms with E-state index >= 15 is 0 Å². The fraction of sp³-hybridized carbons (Fsp3) is 0.600. The standard InChI is InChI=1S/C15H25N5S/c1-5-7-17-15-18-13(16-8-9-20(4)6-2)12-10-11(3)21-14(12)19-15/h10H,5-9H2,1-4H3,(H2,16,17,18,19). The third-order valence-electron chi connectivity index (χ3n) is 3.37. The second-order valence-corrected chi connectivity index (χ2v) is 6.46. The van der Waals surface area contributed by atoms with E-state index in [1.54, 1.807) is 11.3 Å². The highest BCUT2D eigenvalue weighted by atomic mass is 32.1. The molecule has 0 aliphatic heterocycles. The maximum atomic E-state index is 4.63. The highest BCUT2D eigenvalue weighted by molar-refractivity contribution is 7.18. The number of anilines is 2. The zero-order valence-electron chi connectivity index (χ0n) is 13.4. The average Bonchev–Trinajstić information content (AvgIpc) is 2.85. The van der Waals surface area contributed by atoms with E-state index in [1.165, 1.54) is 4.88 Å². The van der Waals surface area contributed by atoms with Crippen LogP contribution in [-0.4, -0.2) is 48.1 Å². The second kappa shape index (κ2) is 7.56. The molecule has 0 saturated heterocycles. The molecule has 6 heteroatoms. The molecule has 2 heterocycles. The monoisotopic (exact) mass is 307 g/mol. The molecule has 2 aromatic heterocycles. The van der Waals surface area contributed by atoms with E-state index in [0.29, 0.717) is 0 Å². The number of fused-ring (bicyclic) bond motifs is 1. The van der Waals surface area contributed by atoms with E-state index < -0.39 is 0 Å². The van der Waals surface area contributed by atoms with Crippen molar-refractivity contribution < 1.29 is 0 Å². The molecule has 0 aliphatic carbocycles. The SMILES string of the molecule is CCCNc1nc(NCCN(C)CC)c2cc(C)sc2n1. The molecule has 0 radical (unpaired) electrons. The summed E-state index contributed by atoms with van der Waals surface area (Å²) in [6, 6.07) is 2.16. The summed E-state index contributed by atoms with van der Waals surface area (Å²) >= 11 is 1.72. The molecule has 0 atom stereocenters. The molecule has 0 saturated carbocycles. The van der Waals surface area contributed by atoms with Crippen LogP contribution in [0.15, 0.2) is 6.07 Å². The van der Waals surface area contributed by atoms with Crippen LogP contribution in [0.25, 0.3) is 10.2 Å². The molecule has 0 unspecified atom stereocenters. The quantitative estimate of drug-likeness (QED) is 0.784. The minimum Gasteiger partial charge on any atom is -0.368 e. The van der Waals surface area contributed by atoms with Crippen LogP contribution in [0.2, 0.25) is 0 Å². The van der Waals surface area contributed by atoms with Crippen LogP contribution >= 0.6 is 11.3 Å². The topological polar surface area (TPSA) is 53.1 Å². The number of hydrogen-bond donors (Lipinski definition) is 2. The number of rotatable bonds is 8. The molecule has 21 heavy (non-hydrogen) atoms. The van der Waals surface area contributed by atoms with Crippen LogP contribution in [-0.2, 0) is 0 Å². The third kappa shape index (κ3) is 4.28. The van der Waals surface area contributed by atoms with Gasteiger partial charge in [-0.1, -0.05) is 13.8 Å². The first-order valence-electron chi connectivity index (χ1n) is 7.58. The van der Waals surface area contributed by atoms with Gasteiger partial charge in [0.1, 0.15) is 10.6 Å². The van der Waals surface area contributed by atoms with Crippen molar-refractivity contribution in [3.63, 3.8) is 0 Å². The molecule has 2 aromatic rings. The Morgan fingerprint density at radius 2 is 2.00 bits per heavy atom. The number of nitrogens with zero attached hydrogens (tertiary/aromatic N) is 3. The lowest BCUT2D eigenvalue weighted by Gasteiger charge is -2.15. The Hall–Kier alpha value is -1.40. The molecule has 116 valence electrons. The summed E-state index contributed by atoms with van der Waals surface area (Å²) in [6.45, 7) is 10.3. The van der Waals surface area contributed by atoms with Gasteiger partial charge in [0, 0.05) is 24.5 Å². The van der Waals surface area contributed by atoms with E-state index in [-0.39, 0.29) is 0 Å². The van der Waals surface area contributed by atoms with Crippen molar-refractivity contribution in [3.8, 4) is 0 Å². The average molecular weight is 307 g/mol. The first-order valence-corrected chi connectivity index (χ1v) is 8.40. The summed E-state index contributed by atoms with van der Waals surface area (Å²) in [5.41, 5.74) is 0. The Balaban J connectivity index is 2.18. The zero-order valence-corrected chi connectivity index (χ0v) is 14.2. The third-order valence-corrected chi connectivity index (χ3v) is 4.32. The lowest BCUT2D eigenvalue weighted by molar-refractivity contribution is 0.367. The van der Waals surface area contributed by atoms with E-state index in [0.717, 1.165) is 54.6 Å². The van der Waals surface area contributed by atoms with Crippen molar-refractivity contribution in [1.29, 1.82) is 0 Å². The second-order valence-electron chi connectivity index (χ2n) is 5.22. The molecule has 5 nitrogen and oxygen atoms in total. The number of thiophene rings is 1. The van der Waals surface area contributed by atoms with E-state index in [1.807, 2.05) is 0 Å². The first-order chi connectivity index (χ1) is 10.1. The molecule has 2 rings (SSSR count). The molecule has 0 bridgehead atoms. The van der Waals surface area contributed by atoms with Crippen LogP contribution in [0.1, 0.15) is 25.1 Å². The number of likely N-dealkylation sites (N-methyl/N-ethyl adjacent to an activating group) is 1. The molecular formula is C15H25N5S. The lowest BCUT2D eigenvalue weighted by Crippen LogP contribution is -2.25. The van der Waals surface area contributed by atoms with Gasteiger partial charge in [-0.05, 0) is 33.0 Å². The number of hydrogen-bond acceptors (Lipinski definition) is 6. The van der Waals surface area contributed by atoms with Crippen molar-refractivity contribution in [2.24, 2.45) is 0 Å². The fourth-order valence-corrected chi connectivity index (χ4v) is 2.90.